The van der Waals surface area contributed by atoms with Gasteiger partial charge in [-0.1, -0.05) is 68.8 Å². The third-order valence-corrected chi connectivity index (χ3v) is 4.11. The Hall–Kier alpha value is -1.60. The Morgan fingerprint density at radius 3 is 2.29 bits per heavy atom. The van der Waals surface area contributed by atoms with Gasteiger partial charge in [-0.3, -0.25) is 4.79 Å². The Bertz CT molecular complexity index is 666. The number of carbonyl (C=O) groups is 1. The molecule has 1 nitrogen and oxygen atoms in total. The molecule has 21 heavy (non-hydrogen) atoms. The monoisotopic (exact) mass is 300 g/mol. The Kier molecular flexibility index (Phi) is 4.53. The molecule has 2 aromatic carbocycles. The van der Waals surface area contributed by atoms with E-state index in [2.05, 4.69) is 6.07 Å². The zero-order valence-electron chi connectivity index (χ0n) is 13.0. The fraction of sp³-hybridized carbons (Fsp3) is 0.316. The molecule has 0 fully saturated rings. The first kappa shape index (κ1) is 15.8. The van der Waals surface area contributed by atoms with Gasteiger partial charge in [0.1, 0.15) is 0 Å². The fourth-order valence-corrected chi connectivity index (χ4v) is 2.54. The third kappa shape index (κ3) is 3.54. The summed E-state index contributed by atoms with van der Waals surface area (Å²) >= 11 is 6.19. The van der Waals surface area contributed by atoms with Crippen LogP contribution >= 0.6 is 11.6 Å². The maximum Gasteiger partial charge on any atom is 0.168 e. The zero-order valence-corrected chi connectivity index (χ0v) is 13.8. The van der Waals surface area contributed by atoms with Crippen LogP contribution in [0.15, 0.2) is 42.5 Å². The van der Waals surface area contributed by atoms with Gasteiger partial charge in [-0.05, 0) is 36.1 Å². The van der Waals surface area contributed by atoms with Crippen molar-refractivity contribution in [2.45, 2.75) is 34.1 Å². The molecule has 0 heterocycles. The molecule has 2 rings (SSSR count). The molecule has 0 spiro atoms. The van der Waals surface area contributed by atoms with Gasteiger partial charge in [0.15, 0.2) is 5.78 Å². The largest absolute Gasteiger partial charge is 0.294 e. The van der Waals surface area contributed by atoms with Crippen LogP contribution in [-0.2, 0) is 6.42 Å². The summed E-state index contributed by atoms with van der Waals surface area (Å²) < 4.78 is 0. The summed E-state index contributed by atoms with van der Waals surface area (Å²) in [6.45, 7) is 7.89. The molecule has 0 N–H and O–H groups in total. The number of hydrogen-bond acceptors (Lipinski definition) is 1. The van der Waals surface area contributed by atoms with Crippen LogP contribution in [0.1, 0.15) is 47.8 Å². The average Bonchev–Trinajstić information content (AvgIpc) is 2.43. The number of hydrogen-bond donors (Lipinski definition) is 0. The fourth-order valence-electron chi connectivity index (χ4n) is 2.35. The van der Waals surface area contributed by atoms with Crippen molar-refractivity contribution in [1.29, 1.82) is 0 Å². The number of halogens is 1. The SMILES string of the molecule is Cc1c(Cl)cccc1Cc1ccccc1C(=O)C(C)(C)C. The topological polar surface area (TPSA) is 17.1 Å². The molecule has 0 aliphatic rings. The van der Waals surface area contributed by atoms with E-state index < -0.39 is 0 Å². The van der Waals surface area contributed by atoms with Crippen molar-refractivity contribution in [3.05, 3.63) is 69.7 Å². The lowest BCUT2D eigenvalue weighted by Crippen LogP contribution is -2.21. The summed E-state index contributed by atoms with van der Waals surface area (Å²) in [5.41, 5.74) is 3.74. The van der Waals surface area contributed by atoms with Crippen LogP contribution in [0.25, 0.3) is 0 Å². The minimum absolute atomic E-state index is 0.179. The highest BCUT2D eigenvalue weighted by Crippen LogP contribution is 2.26. The molecule has 0 amide bonds. The van der Waals surface area contributed by atoms with Crippen LogP contribution in [0.2, 0.25) is 5.02 Å². The minimum atomic E-state index is -0.376. The Morgan fingerprint density at radius 1 is 1.00 bits per heavy atom. The first-order valence-electron chi connectivity index (χ1n) is 7.17. The van der Waals surface area contributed by atoms with Crippen molar-refractivity contribution >= 4 is 17.4 Å². The number of carbonyl (C=O) groups excluding carboxylic acids is 1. The summed E-state index contributed by atoms with van der Waals surface area (Å²) in [5.74, 6) is 0.179. The van der Waals surface area contributed by atoms with E-state index in [1.54, 1.807) is 0 Å². The molecule has 0 bridgehead atoms. The van der Waals surface area contributed by atoms with Gasteiger partial charge in [-0.15, -0.1) is 0 Å². The molecule has 0 aliphatic heterocycles. The van der Waals surface area contributed by atoms with Crippen molar-refractivity contribution in [2.75, 3.05) is 0 Å². The van der Waals surface area contributed by atoms with E-state index in [0.29, 0.717) is 0 Å². The molecule has 110 valence electrons. The Labute approximate surface area is 132 Å². The van der Waals surface area contributed by atoms with Crippen LogP contribution < -0.4 is 0 Å². The molecule has 0 radical (unpaired) electrons. The van der Waals surface area contributed by atoms with Gasteiger partial charge in [0.2, 0.25) is 0 Å². The molecule has 0 atom stereocenters. The predicted octanol–water partition coefficient (Wildman–Crippen LogP) is 5.47. The number of rotatable bonds is 3. The standard InChI is InChI=1S/C19H21ClO/c1-13-14(9-7-11-17(13)20)12-15-8-5-6-10-16(15)18(21)19(2,3)4/h5-11H,12H2,1-4H3. The molecule has 0 aliphatic carbocycles. The third-order valence-electron chi connectivity index (χ3n) is 3.70. The van der Waals surface area contributed by atoms with Gasteiger partial charge in [-0.25, -0.2) is 0 Å². The number of benzene rings is 2. The van der Waals surface area contributed by atoms with Crippen molar-refractivity contribution in [3.8, 4) is 0 Å². The van der Waals surface area contributed by atoms with Crippen LogP contribution in [0.4, 0.5) is 0 Å². The Morgan fingerprint density at radius 2 is 1.62 bits per heavy atom. The van der Waals surface area contributed by atoms with Gasteiger partial charge >= 0.3 is 0 Å². The van der Waals surface area contributed by atoms with Crippen LogP contribution in [0, 0.1) is 12.3 Å². The Balaban J connectivity index is 2.42. The summed E-state index contributed by atoms with van der Waals surface area (Å²) in [7, 11) is 0. The summed E-state index contributed by atoms with van der Waals surface area (Å²) in [4.78, 5) is 12.6. The lowest BCUT2D eigenvalue weighted by Gasteiger charge is -2.19. The van der Waals surface area contributed by atoms with E-state index in [1.807, 2.05) is 64.1 Å². The van der Waals surface area contributed by atoms with Crippen LogP contribution in [0.5, 0.6) is 0 Å². The summed E-state index contributed by atoms with van der Waals surface area (Å²) in [6, 6.07) is 13.8. The van der Waals surface area contributed by atoms with Gasteiger partial charge in [0, 0.05) is 16.0 Å². The van der Waals surface area contributed by atoms with E-state index >= 15 is 0 Å². The maximum absolute atomic E-state index is 12.6. The second-order valence-electron chi connectivity index (χ2n) is 6.44. The van der Waals surface area contributed by atoms with Crippen LogP contribution in [-0.4, -0.2) is 5.78 Å². The highest BCUT2D eigenvalue weighted by Gasteiger charge is 2.24. The highest BCUT2D eigenvalue weighted by molar-refractivity contribution is 6.31. The van der Waals surface area contributed by atoms with Crippen molar-refractivity contribution in [1.82, 2.24) is 0 Å². The predicted molar refractivity (Wildman–Crippen MR) is 89.2 cm³/mol. The molecule has 0 saturated heterocycles. The lowest BCUT2D eigenvalue weighted by molar-refractivity contribution is 0.0857. The smallest absolute Gasteiger partial charge is 0.168 e. The molecule has 2 heteroatoms. The quantitative estimate of drug-likeness (QED) is 0.687. The molecular weight excluding hydrogens is 280 g/mol. The average molecular weight is 301 g/mol. The van der Waals surface area contributed by atoms with Crippen molar-refractivity contribution < 1.29 is 4.79 Å². The lowest BCUT2D eigenvalue weighted by atomic mass is 9.83. The van der Waals surface area contributed by atoms with E-state index in [0.717, 1.165) is 33.7 Å². The first-order chi connectivity index (χ1) is 9.80. The van der Waals surface area contributed by atoms with E-state index in [1.165, 1.54) is 0 Å². The first-order valence-corrected chi connectivity index (χ1v) is 7.55. The van der Waals surface area contributed by atoms with E-state index in [9.17, 15) is 4.79 Å². The van der Waals surface area contributed by atoms with E-state index in [-0.39, 0.29) is 11.2 Å². The summed E-state index contributed by atoms with van der Waals surface area (Å²) in [5, 5.41) is 0.770. The molecule has 0 saturated carbocycles. The number of ketones is 1. The minimum Gasteiger partial charge on any atom is -0.294 e. The molecular formula is C19H21ClO. The van der Waals surface area contributed by atoms with Gasteiger partial charge < -0.3 is 0 Å². The molecule has 0 unspecified atom stereocenters. The normalized spacial score (nSPS) is 11.5. The van der Waals surface area contributed by atoms with Gasteiger partial charge in [-0.2, -0.15) is 0 Å². The molecule has 0 aromatic heterocycles. The van der Waals surface area contributed by atoms with Gasteiger partial charge in [0.25, 0.3) is 0 Å². The van der Waals surface area contributed by atoms with Crippen molar-refractivity contribution in [2.24, 2.45) is 5.41 Å². The number of Topliss-reactive ketones (excluding diaryl/α,β-unsaturated/α-hetero) is 1. The molecule has 2 aromatic rings. The maximum atomic E-state index is 12.6. The highest BCUT2D eigenvalue weighted by atomic mass is 35.5. The summed E-state index contributed by atoms with van der Waals surface area (Å²) in [6.07, 6.45) is 0.727. The second kappa shape index (κ2) is 6.03. The zero-order chi connectivity index (χ0) is 15.6. The van der Waals surface area contributed by atoms with Crippen molar-refractivity contribution in [3.63, 3.8) is 0 Å². The van der Waals surface area contributed by atoms with E-state index in [4.69, 9.17) is 11.6 Å². The van der Waals surface area contributed by atoms with Crippen LogP contribution in [0.3, 0.4) is 0 Å². The second-order valence-corrected chi connectivity index (χ2v) is 6.84. The van der Waals surface area contributed by atoms with Gasteiger partial charge in [0.05, 0.1) is 0 Å².